The van der Waals surface area contributed by atoms with Crippen LogP contribution in [0.5, 0.6) is 0 Å². The monoisotopic (exact) mass is 263 g/mol. The maximum atomic E-state index is 13.9. The van der Waals surface area contributed by atoms with Crippen LogP contribution in [0.15, 0.2) is 28.9 Å². The molecule has 100 valence electrons. The lowest BCUT2D eigenvalue weighted by molar-refractivity contribution is 0.102. The van der Waals surface area contributed by atoms with Gasteiger partial charge in [-0.15, -0.1) is 0 Å². The molecule has 0 saturated carbocycles. The number of hydrogen-bond acceptors (Lipinski definition) is 4. The summed E-state index contributed by atoms with van der Waals surface area (Å²) in [6.45, 7) is 1.66. The highest BCUT2D eigenvalue weighted by molar-refractivity contribution is 6.04. The fourth-order valence-corrected chi connectivity index (χ4v) is 1.57. The summed E-state index contributed by atoms with van der Waals surface area (Å²) in [4.78, 5) is 13.7. The molecule has 1 N–H and O–H groups in total. The van der Waals surface area contributed by atoms with Crippen molar-refractivity contribution in [2.45, 2.75) is 6.92 Å². The fraction of sp³-hybridized carbons (Fsp3) is 0.231. The molecule has 0 aliphatic heterocycles. The van der Waals surface area contributed by atoms with Crippen molar-refractivity contribution in [3.05, 3.63) is 41.5 Å². The number of halogens is 1. The standard InChI is InChI=1S/C13H14FN3O2/c1-8-12(7-15-19-8)16-13(18)10-5-4-9(17(2)3)6-11(10)14/h4-7H,1-3H3,(H,16,18). The Kier molecular flexibility index (Phi) is 3.50. The smallest absolute Gasteiger partial charge is 0.258 e. The quantitative estimate of drug-likeness (QED) is 0.924. The first-order valence-electron chi connectivity index (χ1n) is 5.68. The third kappa shape index (κ3) is 2.73. The Morgan fingerprint density at radius 1 is 1.42 bits per heavy atom. The molecule has 2 rings (SSSR count). The summed E-state index contributed by atoms with van der Waals surface area (Å²) in [5, 5.41) is 6.09. The number of anilines is 2. The molecule has 0 aliphatic carbocycles. The molecule has 0 atom stereocenters. The molecule has 2 aromatic rings. The first kappa shape index (κ1) is 13.1. The van der Waals surface area contributed by atoms with Crippen molar-refractivity contribution in [1.29, 1.82) is 0 Å². The SMILES string of the molecule is Cc1oncc1NC(=O)c1ccc(N(C)C)cc1F. The van der Waals surface area contributed by atoms with E-state index in [-0.39, 0.29) is 5.56 Å². The number of aromatic nitrogens is 1. The van der Waals surface area contributed by atoms with E-state index in [2.05, 4.69) is 10.5 Å². The minimum atomic E-state index is -0.571. The first-order chi connectivity index (χ1) is 8.99. The van der Waals surface area contributed by atoms with Gasteiger partial charge < -0.3 is 14.7 Å². The zero-order valence-corrected chi connectivity index (χ0v) is 10.9. The van der Waals surface area contributed by atoms with Crippen molar-refractivity contribution in [2.75, 3.05) is 24.3 Å². The topological polar surface area (TPSA) is 58.4 Å². The molecule has 1 aromatic heterocycles. The van der Waals surface area contributed by atoms with Crippen molar-refractivity contribution in [3.63, 3.8) is 0 Å². The molecule has 6 heteroatoms. The van der Waals surface area contributed by atoms with Crippen molar-refractivity contribution < 1.29 is 13.7 Å². The molecule has 1 amide bonds. The van der Waals surface area contributed by atoms with E-state index in [1.807, 2.05) is 0 Å². The van der Waals surface area contributed by atoms with Gasteiger partial charge in [0.25, 0.3) is 5.91 Å². The minimum absolute atomic E-state index is 0.0220. The van der Waals surface area contributed by atoms with Crippen LogP contribution in [0.4, 0.5) is 15.8 Å². The van der Waals surface area contributed by atoms with Gasteiger partial charge in [0, 0.05) is 19.8 Å². The zero-order chi connectivity index (χ0) is 14.0. The Morgan fingerprint density at radius 2 is 2.16 bits per heavy atom. The Bertz CT molecular complexity index is 608. The Labute approximate surface area is 110 Å². The molecule has 1 heterocycles. The number of hydrogen-bond donors (Lipinski definition) is 1. The molecular formula is C13H14FN3O2. The second kappa shape index (κ2) is 5.09. The lowest BCUT2D eigenvalue weighted by atomic mass is 10.1. The van der Waals surface area contributed by atoms with E-state index >= 15 is 0 Å². The second-order valence-electron chi connectivity index (χ2n) is 4.31. The zero-order valence-electron chi connectivity index (χ0n) is 10.9. The van der Waals surface area contributed by atoms with Gasteiger partial charge in [-0.1, -0.05) is 5.16 Å². The van der Waals surface area contributed by atoms with Crippen molar-refractivity contribution >= 4 is 17.3 Å². The van der Waals surface area contributed by atoms with E-state index in [0.717, 1.165) is 0 Å². The lowest BCUT2D eigenvalue weighted by Gasteiger charge is -2.13. The maximum absolute atomic E-state index is 13.9. The van der Waals surface area contributed by atoms with Crippen LogP contribution in [-0.4, -0.2) is 25.2 Å². The molecule has 0 spiro atoms. The summed E-state index contributed by atoms with van der Waals surface area (Å²) >= 11 is 0. The first-order valence-corrected chi connectivity index (χ1v) is 5.68. The Hall–Kier alpha value is -2.37. The van der Waals surface area contributed by atoms with Gasteiger partial charge in [0.2, 0.25) is 0 Å². The molecule has 0 radical (unpaired) electrons. The number of nitrogens with zero attached hydrogens (tertiary/aromatic N) is 2. The van der Waals surface area contributed by atoms with E-state index in [4.69, 9.17) is 4.52 Å². The van der Waals surface area contributed by atoms with E-state index in [1.54, 1.807) is 32.0 Å². The molecule has 0 unspecified atom stereocenters. The number of carbonyl (C=O) groups excluding carboxylic acids is 1. The van der Waals surface area contributed by atoms with Gasteiger partial charge in [-0.2, -0.15) is 0 Å². The molecule has 1 aromatic carbocycles. The van der Waals surface area contributed by atoms with E-state index < -0.39 is 11.7 Å². The lowest BCUT2D eigenvalue weighted by Crippen LogP contribution is -2.15. The van der Waals surface area contributed by atoms with E-state index in [1.165, 1.54) is 18.3 Å². The van der Waals surface area contributed by atoms with Crippen LogP contribution in [0.1, 0.15) is 16.1 Å². The van der Waals surface area contributed by atoms with Gasteiger partial charge in [0.05, 0.1) is 11.8 Å². The van der Waals surface area contributed by atoms with Crippen LogP contribution in [0, 0.1) is 12.7 Å². The van der Waals surface area contributed by atoms with Crippen LogP contribution in [-0.2, 0) is 0 Å². The summed E-state index contributed by atoms with van der Waals surface area (Å²) in [5.41, 5.74) is 1.10. The largest absolute Gasteiger partial charge is 0.378 e. The van der Waals surface area contributed by atoms with Crippen LogP contribution >= 0.6 is 0 Å². The van der Waals surface area contributed by atoms with Crippen molar-refractivity contribution in [2.24, 2.45) is 0 Å². The summed E-state index contributed by atoms with van der Waals surface area (Å²) in [7, 11) is 3.60. The maximum Gasteiger partial charge on any atom is 0.258 e. The summed E-state index contributed by atoms with van der Waals surface area (Å²) in [5.74, 6) is -0.634. The molecule has 0 fully saturated rings. The van der Waals surface area contributed by atoms with Gasteiger partial charge in [0.15, 0.2) is 5.76 Å². The van der Waals surface area contributed by atoms with Gasteiger partial charge in [-0.3, -0.25) is 4.79 Å². The molecule has 0 aliphatic rings. The predicted molar refractivity (Wildman–Crippen MR) is 69.9 cm³/mol. The van der Waals surface area contributed by atoms with Gasteiger partial charge in [-0.05, 0) is 25.1 Å². The van der Waals surface area contributed by atoms with Gasteiger partial charge in [0.1, 0.15) is 11.5 Å². The van der Waals surface area contributed by atoms with Crippen LogP contribution < -0.4 is 10.2 Å². The fourth-order valence-electron chi connectivity index (χ4n) is 1.57. The number of carbonyl (C=O) groups is 1. The average molecular weight is 263 g/mol. The van der Waals surface area contributed by atoms with Crippen molar-refractivity contribution in [3.8, 4) is 0 Å². The van der Waals surface area contributed by atoms with Crippen LogP contribution in [0.3, 0.4) is 0 Å². The highest BCUT2D eigenvalue weighted by atomic mass is 19.1. The molecule has 5 nitrogen and oxygen atoms in total. The highest BCUT2D eigenvalue weighted by Gasteiger charge is 2.15. The summed E-state index contributed by atoms with van der Waals surface area (Å²) in [6, 6.07) is 4.44. The Balaban J connectivity index is 2.22. The molecular weight excluding hydrogens is 249 g/mol. The number of amides is 1. The molecule has 19 heavy (non-hydrogen) atoms. The normalized spacial score (nSPS) is 10.3. The number of rotatable bonds is 3. The third-order valence-corrected chi connectivity index (χ3v) is 2.71. The van der Waals surface area contributed by atoms with Crippen molar-refractivity contribution in [1.82, 2.24) is 5.16 Å². The van der Waals surface area contributed by atoms with Crippen LogP contribution in [0.25, 0.3) is 0 Å². The number of nitrogens with one attached hydrogen (secondary N) is 1. The second-order valence-corrected chi connectivity index (χ2v) is 4.31. The van der Waals surface area contributed by atoms with Gasteiger partial charge in [-0.25, -0.2) is 4.39 Å². The Morgan fingerprint density at radius 3 is 2.68 bits per heavy atom. The van der Waals surface area contributed by atoms with Crippen LogP contribution in [0.2, 0.25) is 0 Å². The minimum Gasteiger partial charge on any atom is -0.378 e. The van der Waals surface area contributed by atoms with Gasteiger partial charge >= 0.3 is 0 Å². The highest BCUT2D eigenvalue weighted by Crippen LogP contribution is 2.19. The average Bonchev–Trinajstić information content (AvgIpc) is 2.74. The van der Waals surface area contributed by atoms with E-state index in [0.29, 0.717) is 17.1 Å². The summed E-state index contributed by atoms with van der Waals surface area (Å²) in [6.07, 6.45) is 1.37. The predicted octanol–water partition coefficient (Wildman–Crippen LogP) is 2.44. The molecule has 0 saturated heterocycles. The number of benzene rings is 1. The molecule has 0 bridgehead atoms. The third-order valence-electron chi connectivity index (χ3n) is 2.71. The van der Waals surface area contributed by atoms with E-state index in [9.17, 15) is 9.18 Å². The summed E-state index contributed by atoms with van der Waals surface area (Å²) < 4.78 is 18.7. The number of aryl methyl sites for hydroxylation is 1.